The molecule has 0 saturated carbocycles. The largest absolute Gasteiger partial charge is 0.493 e. The summed E-state index contributed by atoms with van der Waals surface area (Å²) in [6, 6.07) is 2.29. The first kappa shape index (κ1) is 12.4. The van der Waals surface area contributed by atoms with Gasteiger partial charge in [0.1, 0.15) is 0 Å². The molecule has 1 aromatic rings. The van der Waals surface area contributed by atoms with Gasteiger partial charge in [0.05, 0.1) is 5.69 Å². The third-order valence-corrected chi connectivity index (χ3v) is 2.78. The second kappa shape index (κ2) is 5.09. The van der Waals surface area contributed by atoms with Crippen LogP contribution in [-0.2, 0) is 0 Å². The number of rotatable bonds is 2. The van der Waals surface area contributed by atoms with E-state index in [1.807, 2.05) is 7.05 Å². The van der Waals surface area contributed by atoms with Gasteiger partial charge in [-0.2, -0.15) is 4.98 Å². The molecule has 4 N–H and O–H groups in total. The average Bonchev–Trinajstić information content (AvgIpc) is 2.61. The first-order chi connectivity index (χ1) is 8.52. The summed E-state index contributed by atoms with van der Waals surface area (Å²) in [5.41, 5.74) is 0.295. The van der Waals surface area contributed by atoms with Crippen LogP contribution in [0.15, 0.2) is 12.1 Å². The highest BCUT2D eigenvalue weighted by Gasteiger charge is 2.20. The number of likely N-dealkylation sites (N-methyl/N-ethyl adjacent to an activating group) is 1. The molecule has 0 spiro atoms. The van der Waals surface area contributed by atoms with Crippen molar-refractivity contribution < 1.29 is 15.0 Å². The molecule has 2 rings (SSSR count). The first-order valence-electron chi connectivity index (χ1n) is 5.69. The van der Waals surface area contributed by atoms with Gasteiger partial charge in [-0.05, 0) is 20.0 Å². The van der Waals surface area contributed by atoms with Gasteiger partial charge in [-0.3, -0.25) is 0 Å². The minimum atomic E-state index is -0.361. The molecule has 7 nitrogen and oxygen atoms in total. The van der Waals surface area contributed by atoms with E-state index >= 15 is 0 Å². The zero-order valence-corrected chi connectivity index (χ0v) is 10.1. The first-order valence-corrected chi connectivity index (χ1v) is 5.69. The van der Waals surface area contributed by atoms with Crippen LogP contribution in [0.25, 0.3) is 0 Å². The quantitative estimate of drug-likeness (QED) is 0.607. The molecule has 0 bridgehead atoms. The molecule has 1 saturated heterocycles. The second-order valence-corrected chi connectivity index (χ2v) is 4.42. The van der Waals surface area contributed by atoms with Crippen LogP contribution in [0.4, 0.5) is 10.5 Å². The van der Waals surface area contributed by atoms with Gasteiger partial charge in [-0.1, -0.05) is 0 Å². The Kier molecular flexibility index (Phi) is 3.52. The average molecular weight is 252 g/mol. The van der Waals surface area contributed by atoms with Gasteiger partial charge in [0.15, 0.2) is 0 Å². The zero-order chi connectivity index (χ0) is 13.1. The number of carbonyl (C=O) groups excluding carboxylic acids is 1. The van der Waals surface area contributed by atoms with Gasteiger partial charge in [0.2, 0.25) is 11.8 Å². The van der Waals surface area contributed by atoms with Gasteiger partial charge < -0.3 is 25.7 Å². The monoisotopic (exact) mass is 252 g/mol. The molecule has 7 heteroatoms. The predicted octanol–water partition coefficient (Wildman–Crippen LogP) is 0.318. The fourth-order valence-corrected chi connectivity index (χ4v) is 1.98. The predicted molar refractivity (Wildman–Crippen MR) is 65.6 cm³/mol. The fourth-order valence-electron chi connectivity index (χ4n) is 1.98. The van der Waals surface area contributed by atoms with Crippen molar-refractivity contribution in [3.05, 3.63) is 12.1 Å². The van der Waals surface area contributed by atoms with Crippen LogP contribution in [-0.4, -0.2) is 52.3 Å². The standard InChI is InChI=1S/C11H16N4O3/c1-15-3-2-7(6-15)12-11(18)13-8-4-9(16)14-10(17)5-8/h4-5,7H,2-3,6H2,1H3,(H4,12,13,14,16,17,18)/t7-/m1/s1. The van der Waals surface area contributed by atoms with Crippen molar-refractivity contribution in [1.29, 1.82) is 0 Å². The summed E-state index contributed by atoms with van der Waals surface area (Å²) in [6.07, 6.45) is 0.913. The number of nitrogens with zero attached hydrogens (tertiary/aromatic N) is 2. The van der Waals surface area contributed by atoms with Gasteiger partial charge >= 0.3 is 6.03 Å². The Hall–Kier alpha value is -2.02. The molecule has 0 aromatic carbocycles. The third-order valence-electron chi connectivity index (χ3n) is 2.78. The Bertz CT molecular complexity index is 432. The lowest BCUT2D eigenvalue weighted by molar-refractivity contribution is 0.248. The summed E-state index contributed by atoms with van der Waals surface area (Å²) < 4.78 is 0. The van der Waals surface area contributed by atoms with Gasteiger partial charge in [0, 0.05) is 24.7 Å². The van der Waals surface area contributed by atoms with E-state index in [1.165, 1.54) is 12.1 Å². The van der Waals surface area contributed by atoms with Gasteiger partial charge in [-0.25, -0.2) is 4.79 Å². The molecule has 98 valence electrons. The summed E-state index contributed by atoms with van der Waals surface area (Å²) in [5, 5.41) is 23.7. The van der Waals surface area contributed by atoms with Crippen LogP contribution in [0.3, 0.4) is 0 Å². The van der Waals surface area contributed by atoms with E-state index < -0.39 is 0 Å². The number of hydrogen-bond acceptors (Lipinski definition) is 5. The number of nitrogens with one attached hydrogen (secondary N) is 2. The number of carbonyl (C=O) groups is 1. The van der Waals surface area contributed by atoms with Crippen LogP contribution in [0.2, 0.25) is 0 Å². The molecule has 0 aliphatic carbocycles. The fraction of sp³-hybridized carbons (Fsp3) is 0.455. The van der Waals surface area contributed by atoms with Crippen molar-refractivity contribution in [3.63, 3.8) is 0 Å². The molecule has 1 aromatic heterocycles. The Morgan fingerprint density at radius 3 is 2.67 bits per heavy atom. The van der Waals surface area contributed by atoms with Crippen molar-refractivity contribution in [2.24, 2.45) is 0 Å². The lowest BCUT2D eigenvalue weighted by Gasteiger charge is -2.13. The smallest absolute Gasteiger partial charge is 0.319 e. The van der Waals surface area contributed by atoms with Crippen molar-refractivity contribution >= 4 is 11.7 Å². The number of likely N-dealkylation sites (tertiary alicyclic amines) is 1. The number of aromatic nitrogens is 1. The third kappa shape index (κ3) is 3.24. The lowest BCUT2D eigenvalue weighted by Crippen LogP contribution is -2.39. The lowest BCUT2D eigenvalue weighted by atomic mass is 10.3. The van der Waals surface area contributed by atoms with E-state index in [0.29, 0.717) is 5.69 Å². The minimum Gasteiger partial charge on any atom is -0.493 e. The number of pyridine rings is 1. The number of urea groups is 1. The molecule has 0 radical (unpaired) electrons. The SMILES string of the molecule is CN1CC[C@@H](NC(=O)Nc2cc(O)nc(O)c2)C1. The summed E-state index contributed by atoms with van der Waals surface area (Å²) in [7, 11) is 2.00. The summed E-state index contributed by atoms with van der Waals surface area (Å²) in [6.45, 7) is 1.78. The van der Waals surface area contributed by atoms with Crippen molar-refractivity contribution in [2.45, 2.75) is 12.5 Å². The Balaban J connectivity index is 1.90. The van der Waals surface area contributed by atoms with Crippen molar-refractivity contribution in [2.75, 3.05) is 25.5 Å². The Morgan fingerprint density at radius 1 is 1.44 bits per heavy atom. The molecule has 2 heterocycles. The molecule has 1 aliphatic rings. The van der Waals surface area contributed by atoms with Crippen LogP contribution in [0.1, 0.15) is 6.42 Å². The summed E-state index contributed by atoms with van der Waals surface area (Å²) >= 11 is 0. The highest BCUT2D eigenvalue weighted by molar-refractivity contribution is 5.89. The van der Waals surface area contributed by atoms with Crippen LogP contribution >= 0.6 is 0 Å². The van der Waals surface area contributed by atoms with Crippen molar-refractivity contribution in [1.82, 2.24) is 15.2 Å². The highest BCUT2D eigenvalue weighted by Crippen LogP contribution is 2.19. The second-order valence-electron chi connectivity index (χ2n) is 4.42. The molecule has 1 fully saturated rings. The van der Waals surface area contributed by atoms with Crippen LogP contribution in [0, 0.1) is 0 Å². The maximum absolute atomic E-state index is 11.7. The number of anilines is 1. The maximum atomic E-state index is 11.7. The topological polar surface area (TPSA) is 97.7 Å². The molecule has 1 aliphatic heterocycles. The van der Waals surface area contributed by atoms with E-state index in [1.54, 1.807) is 0 Å². The van der Waals surface area contributed by atoms with Gasteiger partial charge in [-0.15, -0.1) is 0 Å². The van der Waals surface area contributed by atoms with E-state index in [0.717, 1.165) is 19.5 Å². The number of amides is 2. The Labute approximate surface area is 104 Å². The minimum absolute atomic E-state index is 0.124. The maximum Gasteiger partial charge on any atom is 0.319 e. The molecule has 0 unspecified atom stereocenters. The zero-order valence-electron chi connectivity index (χ0n) is 10.1. The summed E-state index contributed by atoms with van der Waals surface area (Å²) in [4.78, 5) is 17.2. The van der Waals surface area contributed by atoms with E-state index in [2.05, 4.69) is 20.5 Å². The Morgan fingerprint density at radius 2 is 2.11 bits per heavy atom. The molecule has 18 heavy (non-hydrogen) atoms. The van der Waals surface area contributed by atoms with E-state index in [-0.39, 0.29) is 23.8 Å². The normalized spacial score (nSPS) is 19.7. The number of aromatic hydroxyl groups is 2. The van der Waals surface area contributed by atoms with E-state index in [4.69, 9.17) is 0 Å². The van der Waals surface area contributed by atoms with Gasteiger partial charge in [0.25, 0.3) is 0 Å². The highest BCUT2D eigenvalue weighted by atomic mass is 16.3. The van der Waals surface area contributed by atoms with E-state index in [9.17, 15) is 15.0 Å². The van der Waals surface area contributed by atoms with Crippen LogP contribution < -0.4 is 10.6 Å². The number of hydrogen-bond donors (Lipinski definition) is 4. The van der Waals surface area contributed by atoms with Crippen molar-refractivity contribution in [3.8, 4) is 11.8 Å². The molecule has 2 amide bonds. The van der Waals surface area contributed by atoms with Crippen LogP contribution in [0.5, 0.6) is 11.8 Å². The molecular weight excluding hydrogens is 236 g/mol. The summed E-state index contributed by atoms with van der Waals surface area (Å²) in [5.74, 6) is -0.684. The molecular formula is C11H16N4O3. The molecule has 1 atom stereocenters.